The van der Waals surface area contributed by atoms with Crippen LogP contribution in [0.25, 0.3) is 26.5 Å². The standard InChI is InChI=1S/C13H7N3O/c1-14-10-7-8-4-6-16-13(17)11(8)9-3-2-5-15-12(9)10/h2-7H,(H,16,17). The quantitative estimate of drug-likeness (QED) is 0.468. The number of hydrogen-bond donors (Lipinski definition) is 1. The summed E-state index contributed by atoms with van der Waals surface area (Å²) in [5.74, 6) is 0. The largest absolute Gasteiger partial charge is 0.329 e. The summed E-state index contributed by atoms with van der Waals surface area (Å²) in [7, 11) is 0. The van der Waals surface area contributed by atoms with E-state index in [1.54, 1.807) is 30.6 Å². The van der Waals surface area contributed by atoms with Crippen molar-refractivity contribution in [3.8, 4) is 0 Å². The van der Waals surface area contributed by atoms with E-state index in [0.717, 1.165) is 10.8 Å². The third-order valence-corrected chi connectivity index (χ3v) is 2.73. The molecule has 4 nitrogen and oxygen atoms in total. The normalized spacial score (nSPS) is 10.5. The molecule has 17 heavy (non-hydrogen) atoms. The minimum atomic E-state index is -0.156. The topological polar surface area (TPSA) is 50.1 Å². The predicted octanol–water partition coefficient (Wildman–Crippen LogP) is 2.63. The maximum Gasteiger partial charge on any atom is 0.256 e. The number of fused-ring (bicyclic) bond motifs is 3. The molecule has 2 heterocycles. The van der Waals surface area contributed by atoms with E-state index in [9.17, 15) is 4.79 Å². The van der Waals surface area contributed by atoms with Gasteiger partial charge in [-0.1, -0.05) is 6.07 Å². The Morgan fingerprint density at radius 3 is 3.06 bits per heavy atom. The van der Waals surface area contributed by atoms with Crippen LogP contribution >= 0.6 is 0 Å². The van der Waals surface area contributed by atoms with E-state index in [1.807, 2.05) is 6.07 Å². The van der Waals surface area contributed by atoms with Crippen LogP contribution in [-0.4, -0.2) is 9.97 Å². The zero-order valence-corrected chi connectivity index (χ0v) is 8.77. The second-order valence-electron chi connectivity index (χ2n) is 3.68. The highest BCUT2D eigenvalue weighted by atomic mass is 16.1. The molecule has 0 spiro atoms. The maximum absolute atomic E-state index is 11.8. The van der Waals surface area contributed by atoms with Crippen molar-refractivity contribution in [1.29, 1.82) is 0 Å². The molecule has 0 aliphatic carbocycles. The molecule has 0 saturated heterocycles. The lowest BCUT2D eigenvalue weighted by Crippen LogP contribution is -2.05. The van der Waals surface area contributed by atoms with E-state index in [2.05, 4.69) is 14.8 Å². The second-order valence-corrected chi connectivity index (χ2v) is 3.68. The van der Waals surface area contributed by atoms with Gasteiger partial charge in [0.15, 0.2) is 0 Å². The maximum atomic E-state index is 11.8. The van der Waals surface area contributed by atoms with Gasteiger partial charge in [-0.25, -0.2) is 4.85 Å². The molecule has 0 aliphatic heterocycles. The van der Waals surface area contributed by atoms with E-state index in [4.69, 9.17) is 6.57 Å². The van der Waals surface area contributed by atoms with Crippen molar-refractivity contribution >= 4 is 27.4 Å². The van der Waals surface area contributed by atoms with Crippen LogP contribution in [0.4, 0.5) is 5.69 Å². The lowest BCUT2D eigenvalue weighted by atomic mass is 10.1. The van der Waals surface area contributed by atoms with E-state index in [0.29, 0.717) is 16.6 Å². The Hall–Kier alpha value is -2.67. The molecule has 3 aromatic rings. The molecule has 0 amide bonds. The number of hydrogen-bond acceptors (Lipinski definition) is 2. The molecular weight excluding hydrogens is 214 g/mol. The highest BCUT2D eigenvalue weighted by Gasteiger charge is 2.09. The van der Waals surface area contributed by atoms with Gasteiger partial charge in [0, 0.05) is 17.8 Å². The summed E-state index contributed by atoms with van der Waals surface area (Å²) in [5, 5.41) is 2.07. The Morgan fingerprint density at radius 2 is 2.24 bits per heavy atom. The van der Waals surface area contributed by atoms with Gasteiger partial charge in [-0.15, -0.1) is 0 Å². The lowest BCUT2D eigenvalue weighted by molar-refractivity contribution is 1.28. The van der Waals surface area contributed by atoms with Crippen LogP contribution < -0.4 is 5.56 Å². The molecule has 1 aromatic carbocycles. The molecule has 0 bridgehead atoms. The minimum absolute atomic E-state index is 0.156. The number of pyridine rings is 2. The molecule has 0 radical (unpaired) electrons. The Bertz CT molecular complexity index is 827. The highest BCUT2D eigenvalue weighted by Crippen LogP contribution is 2.29. The Balaban J connectivity index is 2.72. The van der Waals surface area contributed by atoms with Gasteiger partial charge in [-0.3, -0.25) is 9.78 Å². The van der Waals surface area contributed by atoms with Gasteiger partial charge in [0.25, 0.3) is 5.56 Å². The molecule has 4 heteroatoms. The number of rotatable bonds is 0. The van der Waals surface area contributed by atoms with Crippen LogP contribution in [0.3, 0.4) is 0 Å². The van der Waals surface area contributed by atoms with Crippen molar-refractivity contribution in [2.24, 2.45) is 0 Å². The number of aromatic amines is 1. The Morgan fingerprint density at radius 1 is 1.35 bits per heavy atom. The lowest BCUT2D eigenvalue weighted by Gasteiger charge is -2.03. The van der Waals surface area contributed by atoms with E-state index in [1.165, 1.54) is 0 Å². The molecule has 0 atom stereocenters. The van der Waals surface area contributed by atoms with Gasteiger partial charge in [0.1, 0.15) is 0 Å². The zero-order valence-electron chi connectivity index (χ0n) is 8.77. The second kappa shape index (κ2) is 3.42. The van der Waals surface area contributed by atoms with Crippen molar-refractivity contribution in [3.05, 3.63) is 58.4 Å². The Kier molecular flexibility index (Phi) is 1.92. The average Bonchev–Trinajstić information content (AvgIpc) is 2.37. The first-order valence-electron chi connectivity index (χ1n) is 5.08. The van der Waals surface area contributed by atoms with Crippen molar-refractivity contribution in [3.63, 3.8) is 0 Å². The molecular formula is C13H7N3O. The van der Waals surface area contributed by atoms with Gasteiger partial charge in [-0.2, -0.15) is 0 Å². The zero-order chi connectivity index (χ0) is 11.8. The molecule has 0 unspecified atom stereocenters. The van der Waals surface area contributed by atoms with Crippen LogP contribution in [0.1, 0.15) is 0 Å². The third-order valence-electron chi connectivity index (χ3n) is 2.73. The molecule has 0 aliphatic rings. The fraction of sp³-hybridized carbons (Fsp3) is 0. The van der Waals surface area contributed by atoms with Crippen LogP contribution in [-0.2, 0) is 0 Å². The van der Waals surface area contributed by atoms with Crippen molar-refractivity contribution in [1.82, 2.24) is 9.97 Å². The monoisotopic (exact) mass is 221 g/mol. The minimum Gasteiger partial charge on any atom is -0.329 e. The first kappa shape index (κ1) is 9.55. The predicted molar refractivity (Wildman–Crippen MR) is 66.1 cm³/mol. The first-order valence-corrected chi connectivity index (χ1v) is 5.08. The molecule has 80 valence electrons. The molecule has 3 rings (SSSR count). The van der Waals surface area contributed by atoms with Gasteiger partial charge in [0.2, 0.25) is 5.69 Å². The summed E-state index contributed by atoms with van der Waals surface area (Å²) in [6, 6.07) is 7.07. The van der Waals surface area contributed by atoms with Gasteiger partial charge in [-0.05, 0) is 23.6 Å². The molecule has 2 aromatic heterocycles. The van der Waals surface area contributed by atoms with Crippen LogP contribution in [0.2, 0.25) is 0 Å². The SMILES string of the molecule is [C-]#[N+]c1cc2cc[nH]c(=O)c2c2cccnc12. The summed E-state index contributed by atoms with van der Waals surface area (Å²) in [6.07, 6.45) is 3.21. The number of aromatic nitrogens is 2. The highest BCUT2D eigenvalue weighted by molar-refractivity contribution is 6.10. The molecule has 0 fully saturated rings. The van der Waals surface area contributed by atoms with Gasteiger partial charge < -0.3 is 4.98 Å². The summed E-state index contributed by atoms with van der Waals surface area (Å²) >= 11 is 0. The van der Waals surface area contributed by atoms with Gasteiger partial charge in [0.05, 0.1) is 17.5 Å². The van der Waals surface area contributed by atoms with E-state index < -0.39 is 0 Å². The molecule has 1 N–H and O–H groups in total. The number of benzene rings is 1. The third kappa shape index (κ3) is 1.30. The molecule has 0 saturated carbocycles. The summed E-state index contributed by atoms with van der Waals surface area (Å²) in [5.41, 5.74) is 0.891. The fourth-order valence-corrected chi connectivity index (χ4v) is 2.00. The van der Waals surface area contributed by atoms with E-state index in [-0.39, 0.29) is 5.56 Å². The number of nitrogens with zero attached hydrogens (tertiary/aromatic N) is 2. The smallest absolute Gasteiger partial charge is 0.256 e. The summed E-state index contributed by atoms with van der Waals surface area (Å²) in [6.45, 7) is 7.15. The van der Waals surface area contributed by atoms with Crippen LogP contribution in [0, 0.1) is 6.57 Å². The van der Waals surface area contributed by atoms with Crippen molar-refractivity contribution in [2.75, 3.05) is 0 Å². The number of nitrogens with one attached hydrogen (secondary N) is 1. The fourth-order valence-electron chi connectivity index (χ4n) is 2.00. The van der Waals surface area contributed by atoms with E-state index >= 15 is 0 Å². The average molecular weight is 221 g/mol. The van der Waals surface area contributed by atoms with Crippen molar-refractivity contribution < 1.29 is 0 Å². The van der Waals surface area contributed by atoms with Crippen LogP contribution in [0.15, 0.2) is 41.5 Å². The first-order chi connectivity index (χ1) is 8.31. The van der Waals surface area contributed by atoms with Gasteiger partial charge >= 0.3 is 0 Å². The van der Waals surface area contributed by atoms with Crippen molar-refractivity contribution in [2.45, 2.75) is 0 Å². The Labute approximate surface area is 96.4 Å². The number of H-pyrrole nitrogens is 1. The summed E-state index contributed by atoms with van der Waals surface area (Å²) in [4.78, 5) is 22.1. The summed E-state index contributed by atoms with van der Waals surface area (Å²) < 4.78 is 0. The van der Waals surface area contributed by atoms with Crippen LogP contribution in [0.5, 0.6) is 0 Å².